The van der Waals surface area contributed by atoms with Gasteiger partial charge in [0.15, 0.2) is 9.04 Å². The smallest absolute Gasteiger partial charge is 0.166 e. The van der Waals surface area contributed by atoms with Gasteiger partial charge in [-0.15, -0.1) is 0 Å². The van der Waals surface area contributed by atoms with Crippen molar-refractivity contribution in [3.05, 3.63) is 0 Å². The van der Waals surface area contributed by atoms with Crippen molar-refractivity contribution in [2.45, 2.75) is 13.1 Å². The molecule has 1 radical (unpaired) electrons. The second kappa shape index (κ2) is 5.18. The average Bonchev–Trinajstić information content (AvgIpc) is 0.811. The molecule has 1 N–H and O–H groups in total. The SMILES string of the molecule is C[SiH](C)O.[Na]. The molecule has 0 aromatic rings. The predicted molar refractivity (Wildman–Crippen MR) is 26.8 cm³/mol. The third kappa shape index (κ3) is 37.7. The minimum absolute atomic E-state index is 0. The van der Waals surface area contributed by atoms with Gasteiger partial charge >= 0.3 is 0 Å². The van der Waals surface area contributed by atoms with Crippen molar-refractivity contribution in [1.29, 1.82) is 0 Å². The maximum atomic E-state index is 8.19. The fourth-order valence-electron chi connectivity index (χ4n) is 0. The van der Waals surface area contributed by atoms with Crippen molar-refractivity contribution in [1.82, 2.24) is 0 Å². The summed E-state index contributed by atoms with van der Waals surface area (Å²) in [6.07, 6.45) is 0. The first-order valence-corrected chi connectivity index (χ1v) is 4.24. The number of rotatable bonds is 0. The van der Waals surface area contributed by atoms with Gasteiger partial charge in [0, 0.05) is 29.6 Å². The minimum atomic E-state index is -1.14. The Morgan fingerprint density at radius 2 is 1.40 bits per heavy atom. The van der Waals surface area contributed by atoms with Gasteiger partial charge in [-0.2, -0.15) is 0 Å². The van der Waals surface area contributed by atoms with Crippen LogP contribution in [0.4, 0.5) is 0 Å². The molecule has 0 unspecified atom stereocenters. The van der Waals surface area contributed by atoms with Gasteiger partial charge in [0.25, 0.3) is 0 Å². The van der Waals surface area contributed by atoms with E-state index >= 15 is 0 Å². The van der Waals surface area contributed by atoms with Crippen molar-refractivity contribution >= 4 is 38.6 Å². The van der Waals surface area contributed by atoms with Crippen molar-refractivity contribution in [3.8, 4) is 0 Å². The van der Waals surface area contributed by atoms with Crippen LogP contribution in [0.15, 0.2) is 0 Å². The zero-order chi connectivity index (χ0) is 3.58. The van der Waals surface area contributed by atoms with Gasteiger partial charge < -0.3 is 4.80 Å². The summed E-state index contributed by atoms with van der Waals surface area (Å²) in [7, 11) is -1.14. The first-order chi connectivity index (χ1) is 1.73. The van der Waals surface area contributed by atoms with Gasteiger partial charge in [0.05, 0.1) is 0 Å². The molecule has 0 aliphatic heterocycles. The summed E-state index contributed by atoms with van der Waals surface area (Å²) in [6, 6.07) is 0. The van der Waals surface area contributed by atoms with Gasteiger partial charge in [0.2, 0.25) is 0 Å². The summed E-state index contributed by atoms with van der Waals surface area (Å²) in [6.45, 7) is 3.72. The van der Waals surface area contributed by atoms with E-state index in [2.05, 4.69) is 0 Å². The molecular formula is C2H8NaOSi. The van der Waals surface area contributed by atoms with E-state index < -0.39 is 9.04 Å². The van der Waals surface area contributed by atoms with Crippen LogP contribution in [-0.4, -0.2) is 43.4 Å². The maximum Gasteiger partial charge on any atom is 0.166 e. The van der Waals surface area contributed by atoms with Crippen LogP contribution in [0.25, 0.3) is 0 Å². The molecule has 0 atom stereocenters. The summed E-state index contributed by atoms with van der Waals surface area (Å²) < 4.78 is 0. The van der Waals surface area contributed by atoms with Crippen LogP contribution in [0.5, 0.6) is 0 Å². The zero-order valence-corrected chi connectivity index (χ0v) is 7.18. The summed E-state index contributed by atoms with van der Waals surface area (Å²) in [5.74, 6) is 0. The molecule has 0 saturated heterocycles. The molecule has 0 fully saturated rings. The number of hydrogen-bond donors (Lipinski definition) is 1. The van der Waals surface area contributed by atoms with Crippen LogP contribution in [0.2, 0.25) is 13.1 Å². The second-order valence-electron chi connectivity index (χ2n) is 1.09. The van der Waals surface area contributed by atoms with Crippen molar-refractivity contribution in [2.75, 3.05) is 0 Å². The Bertz CT molecular complexity index is 14.4. The van der Waals surface area contributed by atoms with Gasteiger partial charge in [-0.05, 0) is 13.1 Å². The molecule has 0 aliphatic rings. The predicted octanol–water partition coefficient (Wildman–Crippen LogP) is -0.419. The largest absolute Gasteiger partial charge is 0.435 e. The van der Waals surface area contributed by atoms with Crippen LogP contribution >= 0.6 is 0 Å². The van der Waals surface area contributed by atoms with Crippen molar-refractivity contribution in [2.24, 2.45) is 0 Å². The van der Waals surface area contributed by atoms with Gasteiger partial charge in [0.1, 0.15) is 0 Å². The third-order valence-corrected chi connectivity index (χ3v) is 0. The molecule has 3 heteroatoms. The van der Waals surface area contributed by atoms with E-state index in [4.69, 9.17) is 4.80 Å². The molecule has 0 amide bonds. The zero-order valence-electron chi connectivity index (χ0n) is 4.02. The fourth-order valence-corrected chi connectivity index (χ4v) is 0. The average molecular weight is 99.2 g/mol. The topological polar surface area (TPSA) is 20.2 Å². The Labute approximate surface area is 56.4 Å². The summed E-state index contributed by atoms with van der Waals surface area (Å²) in [5.41, 5.74) is 0. The van der Waals surface area contributed by atoms with Crippen molar-refractivity contribution < 1.29 is 4.80 Å². The first-order valence-electron chi connectivity index (χ1n) is 1.41. The van der Waals surface area contributed by atoms with E-state index in [0.717, 1.165) is 0 Å². The van der Waals surface area contributed by atoms with E-state index in [1.54, 1.807) is 0 Å². The molecule has 0 aromatic heterocycles. The molecule has 1 nitrogen and oxygen atoms in total. The maximum absolute atomic E-state index is 8.19. The quantitative estimate of drug-likeness (QED) is 0.409. The summed E-state index contributed by atoms with van der Waals surface area (Å²) in [4.78, 5) is 8.19. The molecule has 0 bridgehead atoms. The van der Waals surface area contributed by atoms with Gasteiger partial charge in [-0.1, -0.05) is 0 Å². The van der Waals surface area contributed by atoms with E-state index in [1.807, 2.05) is 13.1 Å². The van der Waals surface area contributed by atoms with Crippen molar-refractivity contribution in [3.63, 3.8) is 0 Å². The number of hydrogen-bond acceptors (Lipinski definition) is 1. The Hall–Kier alpha value is 1.18. The van der Waals surface area contributed by atoms with E-state index in [-0.39, 0.29) is 29.6 Å². The van der Waals surface area contributed by atoms with Crippen LogP contribution in [-0.2, 0) is 0 Å². The molecule has 0 spiro atoms. The molecule has 0 aliphatic carbocycles. The first kappa shape index (κ1) is 9.49. The summed E-state index contributed by atoms with van der Waals surface area (Å²) >= 11 is 0. The van der Waals surface area contributed by atoms with E-state index in [9.17, 15) is 0 Å². The second-order valence-corrected chi connectivity index (χ2v) is 3.28. The van der Waals surface area contributed by atoms with E-state index in [0.29, 0.717) is 0 Å². The van der Waals surface area contributed by atoms with Gasteiger partial charge in [-0.25, -0.2) is 0 Å². The van der Waals surface area contributed by atoms with Crippen LogP contribution in [0.1, 0.15) is 0 Å². The molecule has 0 aromatic carbocycles. The van der Waals surface area contributed by atoms with E-state index in [1.165, 1.54) is 0 Å². The summed E-state index contributed by atoms with van der Waals surface area (Å²) in [5, 5.41) is 0. The molecular weight excluding hydrogens is 91.1 g/mol. The standard InChI is InChI=1S/C2H8OSi.Na/c1-4(2)3;/h3-4H,1-2H3;. The molecule has 5 heavy (non-hydrogen) atoms. The Kier molecular flexibility index (Phi) is 9.82. The molecule has 27 valence electrons. The van der Waals surface area contributed by atoms with Gasteiger partial charge in [-0.3, -0.25) is 0 Å². The Morgan fingerprint density at radius 1 is 1.40 bits per heavy atom. The normalized spacial score (nSPS) is 7.20. The molecule has 0 heterocycles. The van der Waals surface area contributed by atoms with Crippen LogP contribution in [0.3, 0.4) is 0 Å². The minimum Gasteiger partial charge on any atom is -0.435 e. The van der Waals surface area contributed by atoms with Crippen LogP contribution in [0, 0.1) is 0 Å². The van der Waals surface area contributed by atoms with Crippen LogP contribution < -0.4 is 0 Å². The molecule has 0 saturated carbocycles. The third-order valence-electron chi connectivity index (χ3n) is 0. The Morgan fingerprint density at radius 3 is 1.40 bits per heavy atom. The molecule has 0 rings (SSSR count). The Balaban J connectivity index is 0. The monoisotopic (exact) mass is 99.0 g/mol. The fraction of sp³-hybridized carbons (Fsp3) is 1.00.